The number of hydrogen-bond donors (Lipinski definition) is 1. The number of rotatable bonds is 2. The first-order chi connectivity index (χ1) is 10.4. The van der Waals surface area contributed by atoms with Crippen LogP contribution in [0.25, 0.3) is 0 Å². The van der Waals surface area contributed by atoms with E-state index in [1.807, 2.05) is 0 Å². The van der Waals surface area contributed by atoms with E-state index in [2.05, 4.69) is 21.2 Å². The summed E-state index contributed by atoms with van der Waals surface area (Å²) in [5.41, 5.74) is 0.348. The van der Waals surface area contributed by atoms with Gasteiger partial charge in [-0.2, -0.15) is 0 Å². The molecule has 3 rings (SSSR count). The van der Waals surface area contributed by atoms with Crippen LogP contribution in [0.3, 0.4) is 0 Å². The van der Waals surface area contributed by atoms with Crippen LogP contribution in [0.5, 0.6) is 0 Å². The van der Waals surface area contributed by atoms with Crippen molar-refractivity contribution in [2.24, 2.45) is 0 Å². The number of amides is 3. The van der Waals surface area contributed by atoms with Crippen molar-refractivity contribution in [3.8, 4) is 0 Å². The molecular formula is C13H10BrN3O5. The van der Waals surface area contributed by atoms with Gasteiger partial charge in [0.25, 0.3) is 11.6 Å². The van der Waals surface area contributed by atoms with Gasteiger partial charge in [0.1, 0.15) is 6.04 Å². The summed E-state index contributed by atoms with van der Waals surface area (Å²) in [5, 5.41) is 13.3. The van der Waals surface area contributed by atoms with Crippen LogP contribution in [0.2, 0.25) is 0 Å². The first kappa shape index (κ1) is 14.6. The molecule has 1 aromatic rings. The lowest BCUT2D eigenvalue weighted by molar-refractivity contribution is -0.385. The van der Waals surface area contributed by atoms with Crippen LogP contribution < -0.4 is 5.32 Å². The van der Waals surface area contributed by atoms with Crippen molar-refractivity contribution in [3.05, 3.63) is 37.8 Å². The van der Waals surface area contributed by atoms with E-state index in [0.717, 1.165) is 0 Å². The first-order valence-corrected chi connectivity index (χ1v) is 7.29. The molecule has 1 N–H and O–H groups in total. The zero-order valence-electron chi connectivity index (χ0n) is 11.2. The number of piperidine rings is 1. The Hall–Kier alpha value is -2.29. The van der Waals surface area contributed by atoms with Crippen molar-refractivity contribution in [1.29, 1.82) is 0 Å². The summed E-state index contributed by atoms with van der Waals surface area (Å²) in [6.07, 6.45) is 0.363. The van der Waals surface area contributed by atoms with Crippen LogP contribution in [-0.4, -0.2) is 33.6 Å². The van der Waals surface area contributed by atoms with Gasteiger partial charge in [-0.3, -0.25) is 29.8 Å². The highest BCUT2D eigenvalue weighted by atomic mass is 79.9. The highest BCUT2D eigenvalue weighted by Gasteiger charge is 2.41. The van der Waals surface area contributed by atoms with Crippen molar-refractivity contribution >= 4 is 39.3 Å². The monoisotopic (exact) mass is 367 g/mol. The van der Waals surface area contributed by atoms with E-state index >= 15 is 0 Å². The van der Waals surface area contributed by atoms with Crippen LogP contribution in [0.1, 0.15) is 28.8 Å². The number of imide groups is 1. The second-order valence-corrected chi connectivity index (χ2v) is 6.02. The van der Waals surface area contributed by atoms with Gasteiger partial charge < -0.3 is 4.90 Å². The fourth-order valence-electron chi connectivity index (χ4n) is 2.77. The molecule has 1 saturated heterocycles. The van der Waals surface area contributed by atoms with Crippen LogP contribution >= 0.6 is 15.9 Å². The lowest BCUT2D eigenvalue weighted by Gasteiger charge is -2.29. The highest BCUT2D eigenvalue weighted by molar-refractivity contribution is 9.10. The predicted molar refractivity (Wildman–Crippen MR) is 76.8 cm³/mol. The summed E-state index contributed by atoms with van der Waals surface area (Å²) in [4.78, 5) is 47.4. The summed E-state index contributed by atoms with van der Waals surface area (Å²) in [5.74, 6) is -1.35. The number of nitrogens with one attached hydrogen (secondary N) is 1. The SMILES string of the molecule is O=C1CCC(N2Cc3c(cc(Br)cc3[N+](=O)[O-])C2=O)C(=O)N1. The number of nitro benzene ring substituents is 1. The molecular weight excluding hydrogens is 358 g/mol. The predicted octanol–water partition coefficient (Wildman–Crippen LogP) is 1.12. The fourth-order valence-corrected chi connectivity index (χ4v) is 3.22. The van der Waals surface area contributed by atoms with Crippen LogP contribution in [0, 0.1) is 10.1 Å². The van der Waals surface area contributed by atoms with Gasteiger partial charge in [-0.15, -0.1) is 0 Å². The summed E-state index contributed by atoms with van der Waals surface area (Å²) >= 11 is 3.15. The second kappa shape index (κ2) is 5.16. The molecule has 8 nitrogen and oxygen atoms in total. The second-order valence-electron chi connectivity index (χ2n) is 5.11. The zero-order chi connectivity index (χ0) is 16.0. The Morgan fingerprint density at radius 2 is 2.05 bits per heavy atom. The summed E-state index contributed by atoms with van der Waals surface area (Å²) in [6, 6.07) is 2.06. The Kier molecular flexibility index (Phi) is 3.44. The molecule has 0 bridgehead atoms. The molecule has 2 heterocycles. The standard InChI is InChI=1S/C13H10BrN3O5/c14-6-3-7-8(10(4-6)17(21)22)5-16(13(7)20)9-1-2-11(18)15-12(9)19/h3-4,9H,1-2,5H2,(H,15,18,19). The molecule has 22 heavy (non-hydrogen) atoms. The molecule has 3 amide bonds. The average Bonchev–Trinajstić information content (AvgIpc) is 2.75. The third-order valence-corrected chi connectivity index (χ3v) is 4.25. The number of halogens is 1. The summed E-state index contributed by atoms with van der Waals surface area (Å²) in [7, 11) is 0. The quantitative estimate of drug-likeness (QED) is 0.478. The van der Waals surface area contributed by atoms with Crippen molar-refractivity contribution in [2.45, 2.75) is 25.4 Å². The minimum absolute atomic E-state index is 0.00988. The smallest absolute Gasteiger partial charge is 0.276 e. The number of fused-ring (bicyclic) bond motifs is 1. The normalized spacial score (nSPS) is 20.9. The van der Waals surface area contributed by atoms with E-state index in [9.17, 15) is 24.5 Å². The first-order valence-electron chi connectivity index (χ1n) is 6.50. The molecule has 114 valence electrons. The van der Waals surface area contributed by atoms with Gasteiger partial charge in [0, 0.05) is 17.0 Å². The molecule has 9 heteroatoms. The van der Waals surface area contributed by atoms with E-state index in [4.69, 9.17) is 0 Å². The van der Waals surface area contributed by atoms with Crippen LogP contribution in [0.4, 0.5) is 5.69 Å². The van der Waals surface area contributed by atoms with Crippen LogP contribution in [0.15, 0.2) is 16.6 Å². The van der Waals surface area contributed by atoms with Crippen LogP contribution in [-0.2, 0) is 16.1 Å². The van der Waals surface area contributed by atoms with E-state index < -0.39 is 22.8 Å². The number of nitrogens with zero attached hydrogens (tertiary/aromatic N) is 2. The largest absolute Gasteiger partial charge is 0.322 e. The molecule has 2 aliphatic rings. The topological polar surface area (TPSA) is 110 Å². The Morgan fingerprint density at radius 1 is 1.32 bits per heavy atom. The Labute approximate surface area is 132 Å². The van der Waals surface area contributed by atoms with Gasteiger partial charge in [0.2, 0.25) is 11.8 Å². The summed E-state index contributed by atoms with van der Waals surface area (Å²) < 4.78 is 0.427. The number of carbonyl (C=O) groups is 3. The minimum Gasteiger partial charge on any atom is -0.322 e. The number of carbonyl (C=O) groups excluding carboxylic acids is 3. The van der Waals surface area contributed by atoms with Crippen molar-refractivity contribution in [1.82, 2.24) is 10.2 Å². The van der Waals surface area contributed by atoms with Crippen molar-refractivity contribution < 1.29 is 19.3 Å². The Balaban J connectivity index is 1.98. The van der Waals surface area contributed by atoms with Gasteiger partial charge in [-0.05, 0) is 12.5 Å². The Bertz CT molecular complexity index is 733. The van der Waals surface area contributed by atoms with Gasteiger partial charge in [-0.1, -0.05) is 15.9 Å². The van der Waals surface area contributed by atoms with Crippen molar-refractivity contribution in [2.75, 3.05) is 0 Å². The van der Waals surface area contributed by atoms with E-state index in [0.29, 0.717) is 10.0 Å². The minimum atomic E-state index is -0.782. The van der Waals surface area contributed by atoms with Gasteiger partial charge in [-0.25, -0.2) is 0 Å². The maximum atomic E-state index is 12.5. The third kappa shape index (κ3) is 2.27. The highest BCUT2D eigenvalue weighted by Crippen LogP contribution is 2.35. The molecule has 0 radical (unpaired) electrons. The van der Waals surface area contributed by atoms with E-state index in [1.165, 1.54) is 17.0 Å². The van der Waals surface area contributed by atoms with Gasteiger partial charge in [0.15, 0.2) is 0 Å². The molecule has 0 spiro atoms. The molecule has 1 atom stereocenters. The molecule has 0 aromatic heterocycles. The third-order valence-electron chi connectivity index (χ3n) is 3.79. The van der Waals surface area contributed by atoms with E-state index in [-0.39, 0.29) is 36.5 Å². The average molecular weight is 368 g/mol. The maximum Gasteiger partial charge on any atom is 0.276 e. The molecule has 2 aliphatic heterocycles. The Morgan fingerprint density at radius 3 is 2.68 bits per heavy atom. The molecule has 1 unspecified atom stereocenters. The number of benzene rings is 1. The molecule has 1 fully saturated rings. The summed E-state index contributed by atoms with van der Waals surface area (Å²) in [6.45, 7) is -0.00988. The molecule has 0 saturated carbocycles. The molecule has 1 aromatic carbocycles. The van der Waals surface area contributed by atoms with E-state index in [1.54, 1.807) is 0 Å². The number of nitro groups is 1. The fraction of sp³-hybridized carbons (Fsp3) is 0.308. The lowest BCUT2D eigenvalue weighted by atomic mass is 10.0. The molecule has 0 aliphatic carbocycles. The van der Waals surface area contributed by atoms with Gasteiger partial charge in [0.05, 0.1) is 22.6 Å². The number of hydrogen-bond acceptors (Lipinski definition) is 5. The lowest BCUT2D eigenvalue weighted by Crippen LogP contribution is -2.52. The maximum absolute atomic E-state index is 12.5. The zero-order valence-corrected chi connectivity index (χ0v) is 12.8. The van der Waals surface area contributed by atoms with Crippen molar-refractivity contribution in [3.63, 3.8) is 0 Å². The van der Waals surface area contributed by atoms with Gasteiger partial charge >= 0.3 is 0 Å².